The van der Waals surface area contributed by atoms with Crippen LogP contribution in [-0.2, 0) is 15.6 Å². The Kier molecular flexibility index (Phi) is 6.75. The lowest BCUT2D eigenvalue weighted by Crippen LogP contribution is -2.40. The molecule has 0 saturated carbocycles. The van der Waals surface area contributed by atoms with Crippen LogP contribution < -0.4 is 20.9 Å². The van der Waals surface area contributed by atoms with E-state index in [1.54, 1.807) is 20.8 Å². The molecule has 13 heteroatoms. The first-order chi connectivity index (χ1) is 16.3. The fourth-order valence-corrected chi connectivity index (χ4v) is 6.23. The van der Waals surface area contributed by atoms with Crippen molar-refractivity contribution in [1.29, 1.82) is 0 Å². The summed E-state index contributed by atoms with van der Waals surface area (Å²) in [6, 6.07) is 4.00. The summed E-state index contributed by atoms with van der Waals surface area (Å²) >= 11 is 12.5. The van der Waals surface area contributed by atoms with Crippen LogP contribution in [0.4, 0.5) is 4.39 Å². The van der Waals surface area contributed by atoms with Crippen LogP contribution in [0.5, 0.6) is 5.75 Å². The fraction of sp³-hybridized carbons (Fsp3) is 0.364. The summed E-state index contributed by atoms with van der Waals surface area (Å²) in [5.41, 5.74) is 6.36. The number of fused-ring (bicyclic) bond motifs is 1. The van der Waals surface area contributed by atoms with Crippen molar-refractivity contribution in [2.24, 2.45) is 5.73 Å². The molecule has 3 aromatic rings. The van der Waals surface area contributed by atoms with Crippen LogP contribution >= 0.6 is 23.2 Å². The van der Waals surface area contributed by atoms with Gasteiger partial charge in [-0.25, -0.2) is 22.7 Å². The molecule has 0 bridgehead atoms. The molecule has 0 aliphatic carbocycles. The van der Waals surface area contributed by atoms with E-state index in [1.165, 1.54) is 24.3 Å². The summed E-state index contributed by atoms with van der Waals surface area (Å²) in [7, 11) is -4.36. The number of sulfonamides is 1. The lowest BCUT2D eigenvalue weighted by molar-refractivity contribution is 0.221. The van der Waals surface area contributed by atoms with E-state index in [2.05, 4.69) is 14.9 Å². The normalized spacial score (nSPS) is 19.6. The van der Waals surface area contributed by atoms with Gasteiger partial charge in [0.05, 0.1) is 6.61 Å². The molecule has 0 saturated heterocycles. The van der Waals surface area contributed by atoms with Gasteiger partial charge >= 0.3 is 5.76 Å². The Hall–Kier alpha value is -2.44. The van der Waals surface area contributed by atoms with Gasteiger partial charge in [-0.1, -0.05) is 30.1 Å². The zero-order valence-electron chi connectivity index (χ0n) is 19.0. The maximum atomic E-state index is 14.9. The molecule has 3 atom stereocenters. The Morgan fingerprint density at radius 2 is 1.94 bits per heavy atom. The number of hydrogen-bond acceptors (Lipinski definition) is 7. The molecule has 4 rings (SSSR count). The minimum atomic E-state index is -4.36. The highest BCUT2D eigenvalue weighted by molar-refractivity contribution is 7.89. The van der Waals surface area contributed by atoms with Crippen molar-refractivity contribution >= 4 is 33.2 Å². The number of H-pyrrole nitrogens is 1. The molecule has 0 fully saturated rings. The average molecular weight is 545 g/mol. The first-order valence-corrected chi connectivity index (χ1v) is 12.8. The molecule has 1 aliphatic rings. The second-order valence-corrected chi connectivity index (χ2v) is 11.2. The van der Waals surface area contributed by atoms with E-state index in [0.29, 0.717) is 22.6 Å². The average Bonchev–Trinajstić information content (AvgIpc) is 3.20. The molecule has 9 nitrogen and oxygen atoms in total. The van der Waals surface area contributed by atoms with Gasteiger partial charge in [-0.2, -0.15) is 4.72 Å². The van der Waals surface area contributed by atoms with Crippen molar-refractivity contribution in [2.75, 3.05) is 6.61 Å². The van der Waals surface area contributed by atoms with E-state index in [4.69, 9.17) is 38.1 Å². The number of hydrogen-bond donors (Lipinski definition) is 3. The molecule has 1 unspecified atom stereocenters. The monoisotopic (exact) mass is 544 g/mol. The number of halogens is 3. The Balaban J connectivity index is 1.84. The van der Waals surface area contributed by atoms with Gasteiger partial charge in [0.1, 0.15) is 22.5 Å². The van der Waals surface area contributed by atoms with Gasteiger partial charge in [0.2, 0.25) is 15.9 Å². The van der Waals surface area contributed by atoms with Crippen molar-refractivity contribution in [1.82, 2.24) is 14.9 Å². The molecule has 0 amide bonds. The Morgan fingerprint density at radius 1 is 1.26 bits per heavy atom. The molecule has 1 aliphatic heterocycles. The fourth-order valence-electron chi connectivity index (χ4n) is 4.28. The van der Waals surface area contributed by atoms with Gasteiger partial charge in [-0.3, -0.25) is 0 Å². The van der Waals surface area contributed by atoms with E-state index in [1.807, 2.05) is 0 Å². The zero-order valence-corrected chi connectivity index (χ0v) is 21.3. The number of aromatic nitrogens is 2. The SMILES string of the molecule is Cc1c(Cl)ccc(F)c1[C@@H](C)[C@H](NS(=O)(=O)c1ccc(Cl)c2c1OCCC2(C)N)c1n[nH]c(=O)o1. The maximum absolute atomic E-state index is 14.9. The predicted molar refractivity (Wildman–Crippen MR) is 128 cm³/mol. The number of nitrogens with one attached hydrogen (secondary N) is 2. The number of ether oxygens (including phenoxy) is 1. The smallest absolute Gasteiger partial charge is 0.434 e. The van der Waals surface area contributed by atoms with Crippen LogP contribution in [0.25, 0.3) is 0 Å². The van der Waals surface area contributed by atoms with E-state index < -0.39 is 39.1 Å². The third kappa shape index (κ3) is 4.70. The Bertz CT molecular complexity index is 1450. The third-order valence-electron chi connectivity index (χ3n) is 6.15. The third-order valence-corrected chi connectivity index (χ3v) is 8.34. The van der Waals surface area contributed by atoms with Gasteiger partial charge in [0.15, 0.2) is 0 Å². The van der Waals surface area contributed by atoms with Crippen molar-refractivity contribution < 1.29 is 22.0 Å². The highest BCUT2D eigenvalue weighted by atomic mass is 35.5. The molecule has 4 N–H and O–H groups in total. The van der Waals surface area contributed by atoms with Crippen LogP contribution in [0, 0.1) is 12.7 Å². The standard InChI is InChI=1S/C22H23Cl2FN4O5S/c1-10-12(23)4-6-14(25)16(10)11(2)18(20-27-28-21(30)34-20)29-35(31,32)15-7-5-13(24)17-19(15)33-9-8-22(17,3)26/h4-7,11,18,29H,8-9,26H2,1-3H3,(H,28,30)/t11-,18+,22?/m1/s1. The number of nitrogens with zero attached hydrogens (tertiary/aromatic N) is 1. The van der Waals surface area contributed by atoms with Gasteiger partial charge in [0.25, 0.3) is 0 Å². The van der Waals surface area contributed by atoms with E-state index in [-0.39, 0.29) is 33.7 Å². The van der Waals surface area contributed by atoms with Crippen molar-refractivity contribution in [3.8, 4) is 5.75 Å². The van der Waals surface area contributed by atoms with Gasteiger partial charge < -0.3 is 14.9 Å². The zero-order chi connectivity index (χ0) is 25.7. The van der Waals surface area contributed by atoms with E-state index >= 15 is 0 Å². The van der Waals surface area contributed by atoms with Gasteiger partial charge in [-0.15, -0.1) is 5.10 Å². The van der Waals surface area contributed by atoms with Crippen LogP contribution in [0.3, 0.4) is 0 Å². The minimum absolute atomic E-state index is 0.0289. The van der Waals surface area contributed by atoms with Crippen LogP contribution in [-0.4, -0.2) is 25.2 Å². The molecule has 188 valence electrons. The molecule has 2 aromatic carbocycles. The number of nitrogens with two attached hydrogens (primary N) is 1. The molecule has 35 heavy (non-hydrogen) atoms. The lowest BCUT2D eigenvalue weighted by atomic mass is 9.87. The topological polar surface area (TPSA) is 140 Å². The minimum Gasteiger partial charge on any atom is -0.492 e. The largest absolute Gasteiger partial charge is 0.492 e. The van der Waals surface area contributed by atoms with Crippen LogP contribution in [0.2, 0.25) is 10.0 Å². The second kappa shape index (κ2) is 9.21. The summed E-state index contributed by atoms with van der Waals surface area (Å²) in [5, 5.41) is 6.45. The molecule has 2 heterocycles. The first kappa shape index (κ1) is 25.6. The highest BCUT2D eigenvalue weighted by Crippen LogP contribution is 2.44. The number of benzene rings is 2. The molecular formula is C22H23Cl2FN4O5S. The van der Waals surface area contributed by atoms with Crippen molar-refractivity contribution in [3.05, 3.63) is 73.3 Å². The first-order valence-electron chi connectivity index (χ1n) is 10.6. The lowest BCUT2D eigenvalue weighted by Gasteiger charge is -2.34. The molecule has 0 radical (unpaired) electrons. The molecule has 0 spiro atoms. The Labute approximate surface area is 210 Å². The summed E-state index contributed by atoms with van der Waals surface area (Å²) in [4.78, 5) is 11.5. The summed E-state index contributed by atoms with van der Waals surface area (Å²) in [6.45, 7) is 5.09. The predicted octanol–water partition coefficient (Wildman–Crippen LogP) is 3.90. The van der Waals surface area contributed by atoms with Crippen LogP contribution in [0.1, 0.15) is 54.8 Å². The summed E-state index contributed by atoms with van der Waals surface area (Å²) in [5.74, 6) is -2.64. The van der Waals surface area contributed by atoms with Crippen molar-refractivity contribution in [3.63, 3.8) is 0 Å². The van der Waals surface area contributed by atoms with Gasteiger partial charge in [-0.05, 0) is 49.2 Å². The molecule has 1 aromatic heterocycles. The van der Waals surface area contributed by atoms with Gasteiger partial charge in [0, 0.05) is 33.5 Å². The number of aromatic amines is 1. The highest BCUT2D eigenvalue weighted by Gasteiger charge is 2.39. The summed E-state index contributed by atoms with van der Waals surface area (Å²) in [6.07, 6.45) is 0.433. The second-order valence-electron chi connectivity index (χ2n) is 8.67. The van der Waals surface area contributed by atoms with E-state index in [0.717, 1.165) is 0 Å². The van der Waals surface area contributed by atoms with Crippen molar-refractivity contribution in [2.45, 2.75) is 49.6 Å². The van der Waals surface area contributed by atoms with Crippen LogP contribution in [0.15, 0.2) is 38.4 Å². The van der Waals surface area contributed by atoms with E-state index in [9.17, 15) is 17.6 Å². The molecular weight excluding hydrogens is 522 g/mol. The number of rotatable bonds is 6. The summed E-state index contributed by atoms with van der Waals surface area (Å²) < 4.78 is 55.4. The Morgan fingerprint density at radius 3 is 2.60 bits per heavy atom. The quantitative estimate of drug-likeness (QED) is 0.427. The maximum Gasteiger partial charge on any atom is 0.434 e.